The summed E-state index contributed by atoms with van der Waals surface area (Å²) in [6.07, 6.45) is -0.563. The topological polar surface area (TPSA) is 56.2 Å². The molecule has 0 saturated heterocycles. The molecule has 0 bridgehead atoms. The summed E-state index contributed by atoms with van der Waals surface area (Å²) >= 11 is 5.46. The molecule has 1 heterocycles. The molecule has 2 atom stereocenters. The molecule has 0 amide bonds. The van der Waals surface area contributed by atoms with Crippen LogP contribution in [0.4, 0.5) is 4.39 Å². The predicted octanol–water partition coefficient (Wildman–Crippen LogP) is 1.94. The number of nitrogens with one attached hydrogen (secondary N) is 1. The first kappa shape index (κ1) is 11.4. The van der Waals surface area contributed by atoms with E-state index in [9.17, 15) is 14.6 Å². The zero-order valence-corrected chi connectivity index (χ0v) is 9.08. The number of benzene rings is 1. The zero-order valence-electron chi connectivity index (χ0n) is 8.32. The maximum absolute atomic E-state index is 12.9. The van der Waals surface area contributed by atoms with Crippen LogP contribution >= 0.6 is 11.6 Å². The van der Waals surface area contributed by atoms with Gasteiger partial charge in [0.1, 0.15) is 11.9 Å². The van der Waals surface area contributed by atoms with Crippen molar-refractivity contribution in [1.29, 1.82) is 0 Å². The van der Waals surface area contributed by atoms with E-state index in [-0.39, 0.29) is 11.7 Å². The summed E-state index contributed by atoms with van der Waals surface area (Å²) in [5, 5.41) is 19.9. The first-order valence-corrected chi connectivity index (χ1v) is 5.35. The van der Waals surface area contributed by atoms with E-state index < -0.39 is 12.2 Å². The molecule has 1 aromatic carbocycles. The Bertz CT molecular complexity index is 500. The lowest BCUT2D eigenvalue weighted by atomic mass is 10.0. The largest absolute Gasteiger partial charge is 0.389 e. The molecular weight excluding hydrogens is 233 g/mol. The number of rotatable bonds is 3. The van der Waals surface area contributed by atoms with Crippen LogP contribution < -0.4 is 0 Å². The number of hydrogen-bond donors (Lipinski definition) is 3. The Morgan fingerprint density at radius 2 is 2.12 bits per heavy atom. The monoisotopic (exact) mass is 243 g/mol. The van der Waals surface area contributed by atoms with Crippen LogP contribution in [0.5, 0.6) is 0 Å². The minimum Gasteiger partial charge on any atom is -0.389 e. The number of aromatic amines is 1. The fraction of sp³-hybridized carbons (Fsp3) is 0.273. The van der Waals surface area contributed by atoms with Gasteiger partial charge in [-0.25, -0.2) is 4.39 Å². The number of H-pyrrole nitrogens is 1. The molecule has 2 unspecified atom stereocenters. The zero-order chi connectivity index (χ0) is 11.7. The van der Waals surface area contributed by atoms with Gasteiger partial charge in [0.15, 0.2) is 0 Å². The van der Waals surface area contributed by atoms with Crippen LogP contribution in [0.2, 0.25) is 0 Å². The van der Waals surface area contributed by atoms with E-state index in [0.717, 1.165) is 0 Å². The van der Waals surface area contributed by atoms with Gasteiger partial charge in [0, 0.05) is 22.7 Å². The second kappa shape index (κ2) is 4.41. The van der Waals surface area contributed by atoms with E-state index in [1.165, 1.54) is 12.1 Å². The lowest BCUT2D eigenvalue weighted by molar-refractivity contribution is 0.0336. The highest BCUT2D eigenvalue weighted by Gasteiger charge is 2.20. The molecule has 3 N–H and O–H groups in total. The average molecular weight is 244 g/mol. The van der Waals surface area contributed by atoms with Crippen molar-refractivity contribution < 1.29 is 14.6 Å². The van der Waals surface area contributed by atoms with Gasteiger partial charge in [-0.15, -0.1) is 11.6 Å². The highest BCUT2D eigenvalue weighted by molar-refractivity contribution is 6.18. The summed E-state index contributed by atoms with van der Waals surface area (Å²) < 4.78 is 12.9. The van der Waals surface area contributed by atoms with E-state index in [1.807, 2.05) is 0 Å². The fourth-order valence-electron chi connectivity index (χ4n) is 1.66. The van der Waals surface area contributed by atoms with E-state index >= 15 is 0 Å². The number of aliphatic hydroxyl groups excluding tert-OH is 2. The number of alkyl halides is 1. The third-order valence-electron chi connectivity index (χ3n) is 2.52. The third kappa shape index (κ3) is 1.91. The van der Waals surface area contributed by atoms with Crippen LogP contribution in [-0.2, 0) is 0 Å². The van der Waals surface area contributed by atoms with Crippen LogP contribution in [0.15, 0.2) is 24.4 Å². The van der Waals surface area contributed by atoms with Crippen molar-refractivity contribution in [3.05, 3.63) is 35.8 Å². The Morgan fingerprint density at radius 3 is 2.81 bits per heavy atom. The highest BCUT2D eigenvalue weighted by atomic mass is 35.5. The number of hydrogen-bond acceptors (Lipinski definition) is 2. The molecule has 0 aliphatic carbocycles. The number of aliphatic hydroxyl groups is 2. The number of fused-ring (bicyclic) bond motifs is 1. The molecular formula is C11H11ClFNO2. The number of halogens is 2. The van der Waals surface area contributed by atoms with Crippen LogP contribution in [-0.4, -0.2) is 27.2 Å². The van der Waals surface area contributed by atoms with Crippen molar-refractivity contribution in [3.8, 4) is 0 Å². The summed E-state index contributed by atoms with van der Waals surface area (Å²) in [4.78, 5) is 2.83. The molecule has 1 aromatic heterocycles. The maximum atomic E-state index is 12.9. The highest BCUT2D eigenvalue weighted by Crippen LogP contribution is 2.27. The van der Waals surface area contributed by atoms with Gasteiger partial charge >= 0.3 is 0 Å². The molecule has 0 radical (unpaired) electrons. The summed E-state index contributed by atoms with van der Waals surface area (Å²) in [5.41, 5.74) is 1.10. The van der Waals surface area contributed by atoms with Crippen molar-refractivity contribution in [2.75, 3.05) is 5.88 Å². The molecule has 2 rings (SSSR count). The molecule has 2 aromatic rings. The van der Waals surface area contributed by atoms with Gasteiger partial charge in [0.05, 0.1) is 12.0 Å². The Balaban J connectivity index is 2.45. The summed E-state index contributed by atoms with van der Waals surface area (Å²) in [7, 11) is 0. The quantitative estimate of drug-likeness (QED) is 0.722. The molecule has 86 valence electrons. The second-order valence-electron chi connectivity index (χ2n) is 3.60. The SMILES string of the molecule is OC(CCl)C(O)c1c[nH]c2cc(F)ccc12. The third-order valence-corrected chi connectivity index (χ3v) is 2.83. The Hall–Kier alpha value is -1.10. The van der Waals surface area contributed by atoms with E-state index in [2.05, 4.69) is 4.98 Å². The Kier molecular flexibility index (Phi) is 3.14. The smallest absolute Gasteiger partial charge is 0.125 e. The molecule has 0 saturated carbocycles. The van der Waals surface area contributed by atoms with Gasteiger partial charge < -0.3 is 15.2 Å². The summed E-state index contributed by atoms with van der Waals surface area (Å²) in [6, 6.07) is 4.19. The summed E-state index contributed by atoms with van der Waals surface area (Å²) in [6.45, 7) is 0. The van der Waals surface area contributed by atoms with Crippen LogP contribution in [0, 0.1) is 5.82 Å². The van der Waals surface area contributed by atoms with Crippen molar-refractivity contribution in [2.45, 2.75) is 12.2 Å². The van der Waals surface area contributed by atoms with E-state index in [4.69, 9.17) is 11.6 Å². The van der Waals surface area contributed by atoms with Crippen molar-refractivity contribution in [3.63, 3.8) is 0 Å². The minimum absolute atomic E-state index is 0.0605. The number of aromatic nitrogens is 1. The molecule has 0 fully saturated rings. The molecule has 0 aliphatic rings. The minimum atomic E-state index is -1.07. The predicted molar refractivity (Wildman–Crippen MR) is 59.9 cm³/mol. The van der Waals surface area contributed by atoms with Crippen molar-refractivity contribution >= 4 is 22.5 Å². The van der Waals surface area contributed by atoms with Crippen molar-refractivity contribution in [1.82, 2.24) is 4.98 Å². The van der Waals surface area contributed by atoms with Gasteiger partial charge in [-0.05, 0) is 18.2 Å². The van der Waals surface area contributed by atoms with Crippen LogP contribution in [0.25, 0.3) is 10.9 Å². The Labute approximate surface area is 96.5 Å². The molecule has 5 heteroatoms. The molecule has 0 aliphatic heterocycles. The molecule has 16 heavy (non-hydrogen) atoms. The second-order valence-corrected chi connectivity index (χ2v) is 3.91. The summed E-state index contributed by atoms with van der Waals surface area (Å²) in [5.74, 6) is -0.414. The van der Waals surface area contributed by atoms with Gasteiger partial charge in [0.25, 0.3) is 0 Å². The molecule has 3 nitrogen and oxygen atoms in total. The van der Waals surface area contributed by atoms with Gasteiger partial charge in [-0.1, -0.05) is 0 Å². The maximum Gasteiger partial charge on any atom is 0.125 e. The van der Waals surface area contributed by atoms with Gasteiger partial charge in [-0.2, -0.15) is 0 Å². The fourth-order valence-corrected chi connectivity index (χ4v) is 1.83. The van der Waals surface area contributed by atoms with Gasteiger partial charge in [0.2, 0.25) is 0 Å². The van der Waals surface area contributed by atoms with E-state index in [1.54, 1.807) is 12.3 Å². The lowest BCUT2D eigenvalue weighted by Crippen LogP contribution is -2.19. The first-order chi connectivity index (χ1) is 7.63. The first-order valence-electron chi connectivity index (χ1n) is 4.82. The lowest BCUT2D eigenvalue weighted by Gasteiger charge is -2.14. The standard InChI is InChI=1S/C11H11ClFNO2/c12-4-10(15)11(16)8-5-14-9-3-6(13)1-2-7(8)9/h1-3,5,10-11,14-16H,4H2. The Morgan fingerprint density at radius 1 is 1.38 bits per heavy atom. The van der Waals surface area contributed by atoms with E-state index in [0.29, 0.717) is 16.5 Å². The van der Waals surface area contributed by atoms with Gasteiger partial charge in [-0.3, -0.25) is 0 Å². The van der Waals surface area contributed by atoms with Crippen LogP contribution in [0.3, 0.4) is 0 Å². The van der Waals surface area contributed by atoms with Crippen LogP contribution in [0.1, 0.15) is 11.7 Å². The molecule has 0 spiro atoms. The normalized spacial score (nSPS) is 15.2. The average Bonchev–Trinajstić information content (AvgIpc) is 2.69. The van der Waals surface area contributed by atoms with Crippen molar-refractivity contribution in [2.24, 2.45) is 0 Å².